The average molecular weight is 382 g/mol. The lowest BCUT2D eigenvalue weighted by molar-refractivity contribution is 0.0922. The van der Waals surface area contributed by atoms with Gasteiger partial charge in [0.05, 0.1) is 6.04 Å². The number of H-pyrrole nitrogens is 1. The first-order valence-corrected chi connectivity index (χ1v) is 10.7. The number of carbonyl (C=O) groups is 1. The molecule has 1 aliphatic rings. The van der Waals surface area contributed by atoms with Gasteiger partial charge in [-0.05, 0) is 36.3 Å². The molecule has 8 heteroatoms. The minimum atomic E-state index is -3.52. The van der Waals surface area contributed by atoms with E-state index in [2.05, 4.69) is 10.3 Å². The van der Waals surface area contributed by atoms with E-state index in [0.29, 0.717) is 13.1 Å². The lowest BCUT2D eigenvalue weighted by atomic mass is 10.0. The van der Waals surface area contributed by atoms with Gasteiger partial charge in [0.15, 0.2) is 0 Å². The van der Waals surface area contributed by atoms with E-state index in [1.54, 1.807) is 11.3 Å². The normalized spacial score (nSPS) is 17.1. The first-order valence-electron chi connectivity index (χ1n) is 8.42. The molecular formula is C17H23N3O3S2. The zero-order valence-electron chi connectivity index (χ0n) is 14.4. The second kappa shape index (κ2) is 7.31. The summed E-state index contributed by atoms with van der Waals surface area (Å²) in [4.78, 5) is 16.6. The Labute approximate surface area is 152 Å². The topological polar surface area (TPSA) is 82.3 Å². The molecule has 0 unspecified atom stereocenters. The van der Waals surface area contributed by atoms with Crippen molar-refractivity contribution in [3.8, 4) is 0 Å². The summed E-state index contributed by atoms with van der Waals surface area (Å²) in [5, 5.41) is 4.98. The number of nitrogens with one attached hydrogen (secondary N) is 2. The van der Waals surface area contributed by atoms with Crippen molar-refractivity contribution in [1.82, 2.24) is 14.6 Å². The Morgan fingerprint density at radius 3 is 2.64 bits per heavy atom. The first-order chi connectivity index (χ1) is 11.9. The van der Waals surface area contributed by atoms with Crippen LogP contribution in [0.5, 0.6) is 0 Å². The van der Waals surface area contributed by atoms with Crippen LogP contribution >= 0.6 is 11.3 Å². The van der Waals surface area contributed by atoms with Crippen molar-refractivity contribution in [2.75, 3.05) is 13.1 Å². The fraction of sp³-hybridized carbons (Fsp3) is 0.471. The number of aromatic amines is 1. The molecule has 3 heterocycles. The minimum absolute atomic E-state index is 0.102. The second-order valence-electron chi connectivity index (χ2n) is 6.57. The van der Waals surface area contributed by atoms with Crippen LogP contribution in [0.15, 0.2) is 34.7 Å². The number of sulfonamides is 1. The van der Waals surface area contributed by atoms with Gasteiger partial charge in [0, 0.05) is 24.2 Å². The van der Waals surface area contributed by atoms with Crippen LogP contribution in [-0.4, -0.2) is 36.7 Å². The molecule has 0 aromatic carbocycles. The number of rotatable bonds is 6. The van der Waals surface area contributed by atoms with Crippen molar-refractivity contribution in [1.29, 1.82) is 0 Å². The van der Waals surface area contributed by atoms with Crippen molar-refractivity contribution >= 4 is 27.3 Å². The molecule has 3 rings (SSSR count). The number of hydrogen-bond donors (Lipinski definition) is 2. The molecule has 1 amide bonds. The predicted octanol–water partition coefficient (Wildman–Crippen LogP) is 2.99. The summed E-state index contributed by atoms with van der Waals surface area (Å²) in [5.41, 5.74) is 0.264. The van der Waals surface area contributed by atoms with Gasteiger partial charge in [-0.3, -0.25) is 4.79 Å². The van der Waals surface area contributed by atoms with Crippen molar-refractivity contribution in [3.05, 3.63) is 40.3 Å². The van der Waals surface area contributed by atoms with Crippen molar-refractivity contribution < 1.29 is 13.2 Å². The highest BCUT2D eigenvalue weighted by Gasteiger charge is 2.29. The third kappa shape index (κ3) is 3.80. The fourth-order valence-corrected chi connectivity index (χ4v) is 5.45. The molecule has 0 radical (unpaired) electrons. The molecule has 0 saturated carbocycles. The van der Waals surface area contributed by atoms with Crippen LogP contribution in [0.4, 0.5) is 0 Å². The van der Waals surface area contributed by atoms with E-state index in [-0.39, 0.29) is 28.5 Å². The van der Waals surface area contributed by atoms with E-state index in [1.165, 1.54) is 16.6 Å². The number of thiophene rings is 1. The van der Waals surface area contributed by atoms with Gasteiger partial charge in [-0.1, -0.05) is 19.9 Å². The molecule has 0 bridgehead atoms. The molecule has 2 N–H and O–H groups in total. The summed E-state index contributed by atoms with van der Waals surface area (Å²) in [7, 11) is -3.52. The van der Waals surface area contributed by atoms with E-state index < -0.39 is 10.0 Å². The van der Waals surface area contributed by atoms with Crippen LogP contribution in [-0.2, 0) is 10.0 Å². The number of hydrogen-bond acceptors (Lipinski definition) is 4. The SMILES string of the molecule is CC(C)[C@@H](NC(=O)c1cc(S(=O)(=O)N2CCCC2)c[nH]1)c1cccs1. The smallest absolute Gasteiger partial charge is 0.268 e. The third-order valence-corrected chi connectivity index (χ3v) is 7.24. The Balaban J connectivity index is 1.76. The summed E-state index contributed by atoms with van der Waals surface area (Å²) in [6, 6.07) is 5.27. The van der Waals surface area contributed by atoms with Gasteiger partial charge < -0.3 is 10.3 Å². The second-order valence-corrected chi connectivity index (χ2v) is 9.49. The predicted molar refractivity (Wildman–Crippen MR) is 98.1 cm³/mol. The summed E-state index contributed by atoms with van der Waals surface area (Å²) < 4.78 is 26.6. The average Bonchev–Trinajstić information content (AvgIpc) is 3.34. The third-order valence-electron chi connectivity index (χ3n) is 4.41. The van der Waals surface area contributed by atoms with Gasteiger partial charge >= 0.3 is 0 Å². The van der Waals surface area contributed by atoms with E-state index >= 15 is 0 Å². The monoisotopic (exact) mass is 381 g/mol. The molecule has 25 heavy (non-hydrogen) atoms. The molecule has 1 atom stereocenters. The van der Waals surface area contributed by atoms with Gasteiger partial charge in [0.2, 0.25) is 10.0 Å². The number of aromatic nitrogens is 1. The molecule has 1 saturated heterocycles. The maximum Gasteiger partial charge on any atom is 0.268 e. The standard InChI is InChI=1S/C17H23N3O3S2/c1-12(2)16(15-6-5-9-24-15)19-17(21)14-10-13(11-18-14)25(22,23)20-7-3-4-8-20/h5-6,9-12,16,18H,3-4,7-8H2,1-2H3,(H,19,21)/t16-/m1/s1. The molecule has 1 fully saturated rings. The van der Waals surface area contributed by atoms with Gasteiger partial charge in [-0.25, -0.2) is 8.42 Å². The van der Waals surface area contributed by atoms with Crippen molar-refractivity contribution in [2.45, 2.75) is 37.6 Å². The summed E-state index contributed by atoms with van der Waals surface area (Å²) in [5.74, 6) is -0.0691. The van der Waals surface area contributed by atoms with Crippen molar-refractivity contribution in [2.24, 2.45) is 5.92 Å². The van der Waals surface area contributed by atoms with Crippen LogP contribution < -0.4 is 5.32 Å². The molecule has 6 nitrogen and oxygen atoms in total. The van der Waals surface area contributed by atoms with Crippen molar-refractivity contribution in [3.63, 3.8) is 0 Å². The van der Waals surface area contributed by atoms with E-state index in [4.69, 9.17) is 0 Å². The van der Waals surface area contributed by atoms with E-state index in [1.807, 2.05) is 31.4 Å². The van der Waals surface area contributed by atoms with E-state index in [9.17, 15) is 13.2 Å². The summed E-state index contributed by atoms with van der Waals surface area (Å²) >= 11 is 1.60. The number of amides is 1. The highest BCUT2D eigenvalue weighted by molar-refractivity contribution is 7.89. The number of nitrogens with zero attached hydrogens (tertiary/aromatic N) is 1. The lowest BCUT2D eigenvalue weighted by Crippen LogP contribution is -2.31. The Hall–Kier alpha value is -1.64. The van der Waals surface area contributed by atoms with Crippen LogP contribution in [0.25, 0.3) is 0 Å². The Kier molecular flexibility index (Phi) is 5.31. The van der Waals surface area contributed by atoms with Crippen LogP contribution in [0.2, 0.25) is 0 Å². The summed E-state index contributed by atoms with van der Waals surface area (Å²) in [6.07, 6.45) is 3.17. The molecular weight excluding hydrogens is 358 g/mol. The van der Waals surface area contributed by atoms with Gasteiger partial charge in [-0.2, -0.15) is 4.31 Å². The Morgan fingerprint density at radius 1 is 1.32 bits per heavy atom. The van der Waals surface area contributed by atoms with Gasteiger partial charge in [-0.15, -0.1) is 11.3 Å². The maximum atomic E-state index is 12.6. The molecule has 2 aromatic rings. The largest absolute Gasteiger partial charge is 0.356 e. The van der Waals surface area contributed by atoms with E-state index in [0.717, 1.165) is 17.7 Å². The minimum Gasteiger partial charge on any atom is -0.356 e. The van der Waals surface area contributed by atoms with Gasteiger partial charge in [0.1, 0.15) is 10.6 Å². The summed E-state index contributed by atoms with van der Waals surface area (Å²) in [6.45, 7) is 5.18. The zero-order valence-corrected chi connectivity index (χ0v) is 16.0. The quantitative estimate of drug-likeness (QED) is 0.807. The maximum absolute atomic E-state index is 12.6. The Morgan fingerprint density at radius 2 is 2.04 bits per heavy atom. The molecule has 2 aromatic heterocycles. The number of carbonyl (C=O) groups excluding carboxylic acids is 1. The lowest BCUT2D eigenvalue weighted by Gasteiger charge is -2.20. The first kappa shape index (κ1) is 18.2. The van der Waals surface area contributed by atoms with Gasteiger partial charge in [0.25, 0.3) is 5.91 Å². The highest BCUT2D eigenvalue weighted by Crippen LogP contribution is 2.26. The van der Waals surface area contributed by atoms with Crippen LogP contribution in [0.3, 0.4) is 0 Å². The molecule has 0 spiro atoms. The molecule has 1 aliphatic heterocycles. The zero-order chi connectivity index (χ0) is 18.0. The highest BCUT2D eigenvalue weighted by atomic mass is 32.2. The fourth-order valence-electron chi connectivity index (χ4n) is 2.99. The van der Waals surface area contributed by atoms with Crippen LogP contribution in [0.1, 0.15) is 48.1 Å². The molecule has 0 aliphatic carbocycles. The van der Waals surface area contributed by atoms with Crippen LogP contribution in [0, 0.1) is 5.92 Å². The molecule has 136 valence electrons. The Bertz CT molecular complexity index is 819.